The highest BCUT2D eigenvalue weighted by Gasteiger charge is 2.43. The second-order valence-corrected chi connectivity index (χ2v) is 13.6. The monoisotopic (exact) mass is 359 g/mol. The van der Waals surface area contributed by atoms with Gasteiger partial charge in [-0.25, -0.2) is 4.79 Å². The van der Waals surface area contributed by atoms with Gasteiger partial charge in [0, 0.05) is 12.6 Å². The highest BCUT2D eigenvalue weighted by atomic mass is 28.4. The molecule has 0 aromatic carbocycles. The van der Waals surface area contributed by atoms with Crippen LogP contribution >= 0.6 is 0 Å². The molecule has 0 bridgehead atoms. The third-order valence-corrected chi connectivity index (χ3v) is 8.97. The van der Waals surface area contributed by atoms with Crippen LogP contribution in [0.5, 0.6) is 0 Å². The van der Waals surface area contributed by atoms with E-state index in [4.69, 9.17) is 18.8 Å². The van der Waals surface area contributed by atoms with Crippen LogP contribution in [0.25, 0.3) is 0 Å². The summed E-state index contributed by atoms with van der Waals surface area (Å²) in [4.78, 5) is 30.3. The van der Waals surface area contributed by atoms with Gasteiger partial charge in [-0.3, -0.25) is 0 Å². The van der Waals surface area contributed by atoms with Crippen molar-refractivity contribution in [1.82, 2.24) is 4.90 Å². The van der Waals surface area contributed by atoms with Gasteiger partial charge in [0.25, 0.3) is 0 Å². The van der Waals surface area contributed by atoms with Crippen molar-refractivity contribution in [3.05, 3.63) is 0 Å². The molecule has 1 amide bonds. The van der Waals surface area contributed by atoms with E-state index in [9.17, 15) is 4.79 Å². The third-order valence-electron chi connectivity index (χ3n) is 4.43. The van der Waals surface area contributed by atoms with Gasteiger partial charge < -0.3 is 14.1 Å². The van der Waals surface area contributed by atoms with Gasteiger partial charge in [0.05, 0.1) is 6.10 Å². The number of amides is 1. The molecule has 0 aromatic rings. The van der Waals surface area contributed by atoms with Gasteiger partial charge in [-0.1, -0.05) is 20.8 Å². The number of hydrogen-bond acceptors (Lipinski definition) is 5. The molecule has 0 aliphatic carbocycles. The predicted octanol–water partition coefficient (Wildman–Crippen LogP) is 3.82. The molecule has 140 valence electrons. The van der Waals surface area contributed by atoms with Gasteiger partial charge in [0.1, 0.15) is 5.60 Å². The van der Waals surface area contributed by atoms with Gasteiger partial charge in [0.15, 0.2) is 8.32 Å². The highest BCUT2D eigenvalue weighted by Crippen LogP contribution is 2.39. The van der Waals surface area contributed by atoms with Crippen LogP contribution in [0.2, 0.25) is 18.1 Å². The van der Waals surface area contributed by atoms with E-state index in [0.717, 1.165) is 6.42 Å². The van der Waals surface area contributed by atoms with Crippen molar-refractivity contribution in [3.63, 3.8) is 0 Å². The number of hydrogen-bond donors (Lipinski definition) is 0. The summed E-state index contributed by atoms with van der Waals surface area (Å²) < 4.78 is 11.9. The molecule has 1 aliphatic heterocycles. The maximum Gasteiger partial charge on any atom is 0.410 e. The first kappa shape index (κ1) is 22.8. The lowest BCUT2D eigenvalue weighted by Gasteiger charge is -2.38. The molecule has 1 fully saturated rings. The Balaban J connectivity index is 0.00000163. The smallest absolute Gasteiger partial charge is 0.410 e. The van der Waals surface area contributed by atoms with Crippen molar-refractivity contribution in [3.8, 4) is 0 Å². The number of likely N-dealkylation sites (tertiary alicyclic amines) is 1. The first-order chi connectivity index (χ1) is 10.6. The summed E-state index contributed by atoms with van der Waals surface area (Å²) in [6.07, 6.45) is 1.05. The van der Waals surface area contributed by atoms with Crippen LogP contribution < -0.4 is 0 Å². The predicted molar refractivity (Wildman–Crippen MR) is 94.1 cm³/mol. The lowest BCUT2D eigenvalue weighted by Crippen LogP contribution is -2.45. The summed E-state index contributed by atoms with van der Waals surface area (Å²) in [5.41, 5.74) is -0.449. The molecular weight excluding hydrogens is 326 g/mol. The zero-order valence-electron chi connectivity index (χ0n) is 16.6. The summed E-state index contributed by atoms with van der Waals surface area (Å²) in [5.74, 6) is 0. The molecule has 0 radical (unpaired) electrons. The summed E-state index contributed by atoms with van der Waals surface area (Å²) in [5, 5.41) is 0.190. The fourth-order valence-corrected chi connectivity index (χ4v) is 3.59. The number of carbonyl (C=O) groups excluding carboxylic acids is 3. The maximum absolute atomic E-state index is 12.2. The minimum absolute atomic E-state index is 0.133. The molecule has 0 spiro atoms. The Hall–Kier alpha value is -1.17. The van der Waals surface area contributed by atoms with Crippen LogP contribution in [0.3, 0.4) is 0 Å². The number of carbonyl (C=O) groups is 1. The summed E-state index contributed by atoms with van der Waals surface area (Å²) >= 11 is 0. The Bertz CT molecular complexity index is 459. The largest absolute Gasteiger partial charge is 0.444 e. The number of nitrogens with zero attached hydrogens (tertiary/aromatic N) is 1. The van der Waals surface area contributed by atoms with E-state index in [1.54, 1.807) is 0 Å². The van der Waals surface area contributed by atoms with E-state index < -0.39 is 13.9 Å². The number of ether oxygens (including phenoxy) is 1. The minimum Gasteiger partial charge on any atom is -0.444 e. The fourth-order valence-electron chi connectivity index (χ4n) is 2.24. The second-order valence-electron chi connectivity index (χ2n) is 8.80. The van der Waals surface area contributed by atoms with Crippen LogP contribution in [0.1, 0.15) is 54.9 Å². The summed E-state index contributed by atoms with van der Waals surface area (Å²) in [7, 11) is -1.79. The van der Waals surface area contributed by atoms with Crippen LogP contribution in [-0.4, -0.2) is 49.8 Å². The fraction of sp³-hybridized carbons (Fsp3) is 0.882. The van der Waals surface area contributed by atoms with Crippen LogP contribution in [0.4, 0.5) is 4.79 Å². The van der Waals surface area contributed by atoms with Crippen molar-refractivity contribution in [2.75, 3.05) is 6.54 Å². The van der Waals surface area contributed by atoms with Crippen LogP contribution in [0, 0.1) is 0 Å². The lowest BCUT2D eigenvalue weighted by molar-refractivity contribution is -0.191. The SMILES string of the molecule is CC1C[C@@H](O[Si](C)(C)C(C)(C)C)CN1C(=O)OC(C)(C)C.O=C=O. The Morgan fingerprint density at radius 1 is 1.12 bits per heavy atom. The lowest BCUT2D eigenvalue weighted by atomic mass is 10.2. The molecule has 1 unspecified atom stereocenters. The maximum atomic E-state index is 12.2. The van der Waals surface area contributed by atoms with E-state index >= 15 is 0 Å². The Kier molecular flexibility index (Phi) is 7.87. The van der Waals surface area contributed by atoms with Crippen molar-refractivity contribution >= 4 is 20.6 Å². The molecule has 0 saturated carbocycles. The minimum atomic E-state index is -1.79. The third kappa shape index (κ3) is 7.15. The van der Waals surface area contributed by atoms with Crippen LogP contribution in [-0.2, 0) is 18.8 Å². The van der Waals surface area contributed by atoms with E-state index in [1.807, 2.05) is 25.7 Å². The molecule has 24 heavy (non-hydrogen) atoms. The Labute approximate surface area is 147 Å². The molecule has 2 atom stereocenters. The number of rotatable bonds is 2. The Morgan fingerprint density at radius 3 is 1.96 bits per heavy atom. The molecule has 0 aromatic heterocycles. The standard InChI is InChI=1S/C16H33NO3Si.CO2/c1-12-10-13(20-21(8,9)16(5,6)7)11-17(12)14(18)19-15(2,3)4;2-1-3/h12-13H,10-11H2,1-9H3;/t12?,13-;/m1./s1. The second kappa shape index (κ2) is 8.27. The van der Waals surface area contributed by atoms with E-state index in [-0.39, 0.29) is 29.4 Å². The van der Waals surface area contributed by atoms with E-state index in [0.29, 0.717) is 6.54 Å². The van der Waals surface area contributed by atoms with Gasteiger partial charge >= 0.3 is 12.2 Å². The summed E-state index contributed by atoms with van der Waals surface area (Å²) in [6, 6.07) is 0.176. The van der Waals surface area contributed by atoms with Gasteiger partial charge in [0.2, 0.25) is 0 Å². The average Bonchev–Trinajstić information content (AvgIpc) is 2.66. The van der Waals surface area contributed by atoms with Gasteiger partial charge in [-0.2, -0.15) is 9.59 Å². The normalized spacial score (nSPS) is 21.6. The molecule has 6 nitrogen and oxygen atoms in total. The van der Waals surface area contributed by atoms with Crippen LogP contribution in [0.15, 0.2) is 0 Å². The van der Waals surface area contributed by atoms with Gasteiger partial charge in [-0.05, 0) is 52.2 Å². The molecule has 1 saturated heterocycles. The molecule has 0 N–H and O–H groups in total. The topological polar surface area (TPSA) is 72.9 Å². The molecule has 1 aliphatic rings. The first-order valence-corrected chi connectivity index (χ1v) is 11.2. The van der Waals surface area contributed by atoms with E-state index in [2.05, 4.69) is 40.8 Å². The van der Waals surface area contributed by atoms with E-state index in [1.165, 1.54) is 0 Å². The quantitative estimate of drug-likeness (QED) is 0.701. The summed E-state index contributed by atoms with van der Waals surface area (Å²) in [6.45, 7) is 19.6. The molecule has 7 heteroatoms. The Morgan fingerprint density at radius 2 is 1.58 bits per heavy atom. The van der Waals surface area contributed by atoms with Crippen molar-refractivity contribution < 1.29 is 23.5 Å². The zero-order chi connectivity index (χ0) is 19.3. The first-order valence-electron chi connectivity index (χ1n) is 8.31. The zero-order valence-corrected chi connectivity index (χ0v) is 17.6. The molecule has 1 rings (SSSR count). The van der Waals surface area contributed by atoms with Gasteiger partial charge in [-0.15, -0.1) is 0 Å². The van der Waals surface area contributed by atoms with Crippen molar-refractivity contribution in [2.45, 2.75) is 90.8 Å². The van der Waals surface area contributed by atoms with Crippen molar-refractivity contribution in [1.29, 1.82) is 0 Å². The molecular formula is C17H33NO5Si. The molecule has 1 heterocycles. The highest BCUT2D eigenvalue weighted by molar-refractivity contribution is 6.74. The van der Waals surface area contributed by atoms with Crippen molar-refractivity contribution in [2.24, 2.45) is 0 Å². The average molecular weight is 360 g/mol.